The third kappa shape index (κ3) is 5.93. The van der Waals surface area contributed by atoms with Crippen LogP contribution in [-0.2, 0) is 9.59 Å². The Hall–Kier alpha value is -3.62. The molecule has 0 saturated carbocycles. The van der Waals surface area contributed by atoms with Crippen LogP contribution in [0, 0.1) is 11.6 Å². The first-order valence-electron chi connectivity index (χ1n) is 8.38. The highest BCUT2D eigenvalue weighted by atomic mass is 19.2. The number of hydrogen-bond donors (Lipinski definition) is 2. The zero-order valence-electron chi connectivity index (χ0n) is 16.0. The van der Waals surface area contributed by atoms with Gasteiger partial charge in [0, 0.05) is 17.8 Å². The van der Waals surface area contributed by atoms with Gasteiger partial charge >= 0.3 is 0 Å². The van der Waals surface area contributed by atoms with Gasteiger partial charge in [0.15, 0.2) is 23.1 Å². The minimum Gasteiger partial charge on any atom is -0.493 e. The number of ether oxygens (including phenoxy) is 3. The van der Waals surface area contributed by atoms with Crippen LogP contribution >= 0.6 is 0 Å². The van der Waals surface area contributed by atoms with Gasteiger partial charge in [-0.05, 0) is 35.9 Å². The maximum atomic E-state index is 13.1. The molecule has 0 unspecified atom stereocenters. The number of benzene rings is 2. The van der Waals surface area contributed by atoms with E-state index in [0.717, 1.165) is 12.1 Å². The predicted octanol–water partition coefficient (Wildman–Crippen LogP) is 2.76. The zero-order chi connectivity index (χ0) is 21.4. The molecule has 154 valence electrons. The zero-order valence-corrected chi connectivity index (χ0v) is 16.0. The monoisotopic (exact) mass is 406 g/mol. The third-order valence-corrected chi connectivity index (χ3v) is 3.74. The summed E-state index contributed by atoms with van der Waals surface area (Å²) >= 11 is 0. The lowest BCUT2D eigenvalue weighted by atomic mass is 10.1. The van der Waals surface area contributed by atoms with Crippen molar-refractivity contribution in [3.8, 4) is 17.2 Å². The van der Waals surface area contributed by atoms with Gasteiger partial charge in [-0.25, -0.2) is 8.78 Å². The van der Waals surface area contributed by atoms with Crippen LogP contribution in [0.15, 0.2) is 36.4 Å². The molecule has 2 rings (SSSR count). The van der Waals surface area contributed by atoms with E-state index in [2.05, 4.69) is 10.6 Å². The summed E-state index contributed by atoms with van der Waals surface area (Å²) in [7, 11) is 4.43. The van der Waals surface area contributed by atoms with Crippen molar-refractivity contribution in [2.24, 2.45) is 0 Å². The topological polar surface area (TPSA) is 85.9 Å². The predicted molar refractivity (Wildman–Crippen MR) is 103 cm³/mol. The lowest BCUT2D eigenvalue weighted by Gasteiger charge is -2.12. The highest BCUT2D eigenvalue weighted by molar-refractivity contribution is 5.98. The molecule has 0 spiro atoms. The van der Waals surface area contributed by atoms with Crippen LogP contribution < -0.4 is 24.8 Å². The molecule has 7 nitrogen and oxygen atoms in total. The minimum atomic E-state index is -1.08. The van der Waals surface area contributed by atoms with Crippen LogP contribution in [0.2, 0.25) is 0 Å². The Morgan fingerprint density at radius 3 is 2.17 bits per heavy atom. The Morgan fingerprint density at radius 1 is 0.966 bits per heavy atom. The number of methoxy groups -OCH3 is 3. The van der Waals surface area contributed by atoms with E-state index in [1.165, 1.54) is 39.5 Å². The Kier molecular flexibility index (Phi) is 7.53. The van der Waals surface area contributed by atoms with Crippen molar-refractivity contribution in [1.82, 2.24) is 5.32 Å². The molecule has 0 aliphatic heterocycles. The number of carbonyl (C=O) groups is 2. The first-order valence-corrected chi connectivity index (χ1v) is 8.38. The van der Waals surface area contributed by atoms with Gasteiger partial charge in [-0.1, -0.05) is 0 Å². The second-order valence-corrected chi connectivity index (χ2v) is 5.69. The Bertz CT molecular complexity index is 906. The number of hydrogen-bond acceptors (Lipinski definition) is 5. The average molecular weight is 406 g/mol. The summed E-state index contributed by atoms with van der Waals surface area (Å²) in [6, 6.07) is 6.26. The molecule has 29 heavy (non-hydrogen) atoms. The second kappa shape index (κ2) is 10.1. The van der Waals surface area contributed by atoms with E-state index in [9.17, 15) is 18.4 Å². The molecule has 0 fully saturated rings. The van der Waals surface area contributed by atoms with E-state index in [-0.39, 0.29) is 12.2 Å². The maximum absolute atomic E-state index is 13.1. The highest BCUT2D eigenvalue weighted by Gasteiger charge is 2.12. The molecule has 0 heterocycles. The van der Waals surface area contributed by atoms with E-state index in [1.54, 1.807) is 12.1 Å². The summed E-state index contributed by atoms with van der Waals surface area (Å²) < 4.78 is 41.7. The number of halogens is 2. The molecule has 0 atom stereocenters. The molecule has 0 aromatic heterocycles. The van der Waals surface area contributed by atoms with Gasteiger partial charge in [-0.2, -0.15) is 0 Å². The highest BCUT2D eigenvalue weighted by Crippen LogP contribution is 2.38. The minimum absolute atomic E-state index is 0.0797. The van der Waals surface area contributed by atoms with Gasteiger partial charge in [0.25, 0.3) is 0 Å². The van der Waals surface area contributed by atoms with Crippen molar-refractivity contribution in [1.29, 1.82) is 0 Å². The van der Waals surface area contributed by atoms with Crippen LogP contribution in [0.4, 0.5) is 14.5 Å². The van der Waals surface area contributed by atoms with E-state index in [4.69, 9.17) is 14.2 Å². The van der Waals surface area contributed by atoms with Gasteiger partial charge in [0.2, 0.25) is 17.6 Å². The van der Waals surface area contributed by atoms with E-state index >= 15 is 0 Å². The lowest BCUT2D eigenvalue weighted by Crippen LogP contribution is -2.31. The smallest absolute Gasteiger partial charge is 0.244 e. The fourth-order valence-electron chi connectivity index (χ4n) is 2.37. The van der Waals surface area contributed by atoms with E-state index < -0.39 is 23.4 Å². The quantitative estimate of drug-likeness (QED) is 0.659. The largest absolute Gasteiger partial charge is 0.493 e. The standard InChI is InChI=1S/C20H20F2N2O5/c1-27-16-8-12(9-17(28-2)20(16)29-3)4-7-18(25)23-11-19(26)24-13-5-6-14(21)15(22)10-13/h4-10H,11H2,1-3H3,(H,23,25)(H,24,26)/b7-4+. The number of rotatable bonds is 8. The molecular formula is C20H20F2N2O5. The number of anilines is 1. The van der Waals surface area contributed by atoms with Crippen molar-refractivity contribution >= 4 is 23.6 Å². The van der Waals surface area contributed by atoms with Gasteiger partial charge in [-0.15, -0.1) is 0 Å². The molecule has 2 amide bonds. The fourth-order valence-corrected chi connectivity index (χ4v) is 2.37. The van der Waals surface area contributed by atoms with Crippen LogP contribution in [-0.4, -0.2) is 39.7 Å². The fraction of sp³-hybridized carbons (Fsp3) is 0.200. The normalized spacial score (nSPS) is 10.5. The first-order chi connectivity index (χ1) is 13.9. The Labute approximate surface area is 166 Å². The Morgan fingerprint density at radius 2 is 1.62 bits per heavy atom. The molecule has 2 N–H and O–H groups in total. The van der Waals surface area contributed by atoms with Crippen molar-refractivity contribution in [3.05, 3.63) is 53.6 Å². The molecule has 0 radical (unpaired) electrons. The van der Waals surface area contributed by atoms with Crippen LogP contribution in [0.25, 0.3) is 6.08 Å². The number of carbonyl (C=O) groups excluding carboxylic acids is 2. The summed E-state index contributed by atoms with van der Waals surface area (Å²) in [4.78, 5) is 23.7. The van der Waals surface area contributed by atoms with Gasteiger partial charge in [0.1, 0.15) is 0 Å². The van der Waals surface area contributed by atoms with Crippen molar-refractivity contribution in [2.75, 3.05) is 33.2 Å². The molecule has 0 saturated heterocycles. The van der Waals surface area contributed by atoms with Crippen molar-refractivity contribution in [3.63, 3.8) is 0 Å². The summed E-state index contributed by atoms with van der Waals surface area (Å²) in [5, 5.41) is 4.74. The summed E-state index contributed by atoms with van der Waals surface area (Å²) in [5.74, 6) is -1.95. The van der Waals surface area contributed by atoms with Gasteiger partial charge in [0.05, 0.1) is 27.9 Å². The average Bonchev–Trinajstić information content (AvgIpc) is 2.72. The SMILES string of the molecule is COc1cc(/C=C/C(=O)NCC(=O)Nc2ccc(F)c(F)c2)cc(OC)c1OC. The van der Waals surface area contributed by atoms with E-state index in [0.29, 0.717) is 22.8 Å². The van der Waals surface area contributed by atoms with E-state index in [1.807, 2.05) is 0 Å². The number of amides is 2. The van der Waals surface area contributed by atoms with Crippen LogP contribution in [0.1, 0.15) is 5.56 Å². The number of nitrogens with one attached hydrogen (secondary N) is 2. The summed E-state index contributed by atoms with van der Waals surface area (Å²) in [6.45, 7) is -0.350. The maximum Gasteiger partial charge on any atom is 0.244 e. The second-order valence-electron chi connectivity index (χ2n) is 5.69. The van der Waals surface area contributed by atoms with Crippen LogP contribution in [0.5, 0.6) is 17.2 Å². The molecule has 2 aromatic carbocycles. The molecule has 0 aliphatic carbocycles. The molecule has 0 bridgehead atoms. The van der Waals surface area contributed by atoms with Crippen molar-refractivity contribution in [2.45, 2.75) is 0 Å². The lowest BCUT2D eigenvalue weighted by molar-refractivity contribution is -0.121. The first kappa shape index (κ1) is 21.7. The summed E-state index contributed by atoms with van der Waals surface area (Å²) in [5.41, 5.74) is 0.692. The molecule has 2 aromatic rings. The van der Waals surface area contributed by atoms with Gasteiger partial charge in [-0.3, -0.25) is 9.59 Å². The summed E-state index contributed by atoms with van der Waals surface area (Å²) in [6.07, 6.45) is 2.73. The third-order valence-electron chi connectivity index (χ3n) is 3.74. The molecule has 0 aliphatic rings. The van der Waals surface area contributed by atoms with Crippen LogP contribution in [0.3, 0.4) is 0 Å². The van der Waals surface area contributed by atoms with Crippen molar-refractivity contribution < 1.29 is 32.6 Å². The molecule has 9 heteroatoms. The Balaban J connectivity index is 1.95. The van der Waals surface area contributed by atoms with Gasteiger partial charge < -0.3 is 24.8 Å². The molecular weight excluding hydrogens is 386 g/mol.